The minimum atomic E-state index is -4.64. The van der Waals surface area contributed by atoms with Crippen molar-refractivity contribution >= 4 is 23.4 Å². The molecule has 0 bridgehead atoms. The van der Waals surface area contributed by atoms with Crippen LogP contribution in [-0.4, -0.2) is 71.6 Å². The number of benzene rings is 1. The van der Waals surface area contributed by atoms with Gasteiger partial charge in [-0.3, -0.25) is 9.69 Å². The monoisotopic (exact) mass is 496 g/mol. The molecule has 0 aliphatic carbocycles. The average Bonchev–Trinajstić information content (AvgIpc) is 2.83. The highest BCUT2D eigenvalue weighted by Gasteiger charge is 2.35. The largest absolute Gasteiger partial charge is 0.495 e. The summed E-state index contributed by atoms with van der Waals surface area (Å²) in [6.07, 6.45) is -2.17. The van der Waals surface area contributed by atoms with Gasteiger partial charge in [-0.15, -0.1) is 6.58 Å². The number of anilines is 3. The molecule has 1 aliphatic rings. The Balaban J connectivity index is 1.82. The third-order valence-corrected chi connectivity index (χ3v) is 5.72. The first-order valence-corrected chi connectivity index (χ1v) is 11.1. The van der Waals surface area contributed by atoms with Crippen LogP contribution >= 0.6 is 0 Å². The highest BCUT2D eigenvalue weighted by molar-refractivity contribution is 5.96. The van der Waals surface area contributed by atoms with E-state index in [1.54, 1.807) is 11.8 Å². The zero-order chi connectivity index (χ0) is 25.8. The van der Waals surface area contributed by atoms with Gasteiger partial charge < -0.3 is 20.3 Å². The van der Waals surface area contributed by atoms with Crippen molar-refractivity contribution in [2.24, 2.45) is 0 Å². The van der Waals surface area contributed by atoms with E-state index in [2.05, 4.69) is 32.1 Å². The number of amides is 1. The number of aromatic nitrogens is 2. The molecule has 0 radical (unpaired) electrons. The highest BCUT2D eigenvalue weighted by atomic mass is 19.4. The van der Waals surface area contributed by atoms with E-state index in [1.165, 1.54) is 13.2 Å². The number of methoxy groups -OCH3 is 1. The molecular weight excluding hydrogens is 468 g/mol. The smallest absolute Gasteiger partial charge is 0.421 e. The first-order valence-electron chi connectivity index (χ1n) is 11.1. The van der Waals surface area contributed by atoms with Crippen molar-refractivity contribution in [2.45, 2.75) is 26.1 Å². The minimum absolute atomic E-state index is 0.0633. The SMILES string of the molecule is C=CC(C)N1CCN(C(=O)c2cc(OC)c(Nc3ncc(C(F)(F)F)c(NCC)n3)cc2F)CC1. The highest BCUT2D eigenvalue weighted by Crippen LogP contribution is 2.35. The van der Waals surface area contributed by atoms with Crippen molar-refractivity contribution in [2.75, 3.05) is 50.5 Å². The van der Waals surface area contributed by atoms with Gasteiger partial charge in [-0.05, 0) is 19.9 Å². The standard InChI is InChI=1S/C23H28F4N6O2/c1-5-14(3)32-7-9-33(10-8-32)21(34)15-11-19(35-4)18(12-17(15)24)30-22-29-13-16(23(25,26)27)20(31-22)28-6-2/h5,11-14H,1,6-10H2,2-4H3,(H2,28,29,30,31). The normalized spacial score (nSPS) is 15.5. The molecular formula is C23H28F4N6O2. The lowest BCUT2D eigenvalue weighted by Gasteiger charge is -2.37. The summed E-state index contributed by atoms with van der Waals surface area (Å²) in [5.41, 5.74) is -1.13. The van der Waals surface area contributed by atoms with Crippen molar-refractivity contribution in [1.29, 1.82) is 0 Å². The molecule has 2 heterocycles. The van der Waals surface area contributed by atoms with E-state index in [1.807, 2.05) is 13.0 Å². The van der Waals surface area contributed by atoms with Gasteiger partial charge in [-0.25, -0.2) is 9.37 Å². The van der Waals surface area contributed by atoms with Crippen LogP contribution in [0.25, 0.3) is 0 Å². The van der Waals surface area contributed by atoms with E-state index in [0.29, 0.717) is 32.4 Å². The fourth-order valence-corrected chi connectivity index (χ4v) is 3.71. The number of ether oxygens (including phenoxy) is 1. The summed E-state index contributed by atoms with van der Waals surface area (Å²) < 4.78 is 59.9. The topological polar surface area (TPSA) is 82.6 Å². The van der Waals surface area contributed by atoms with Crippen molar-refractivity contribution < 1.29 is 27.1 Å². The molecule has 2 aromatic rings. The predicted octanol–water partition coefficient (Wildman–Crippen LogP) is 4.15. The zero-order valence-electron chi connectivity index (χ0n) is 19.7. The Hall–Kier alpha value is -3.41. The third-order valence-electron chi connectivity index (χ3n) is 5.72. The molecule has 1 aliphatic heterocycles. The summed E-state index contributed by atoms with van der Waals surface area (Å²) in [6, 6.07) is 2.47. The maximum absolute atomic E-state index is 15.0. The summed E-state index contributed by atoms with van der Waals surface area (Å²) in [5, 5.41) is 5.22. The summed E-state index contributed by atoms with van der Waals surface area (Å²) in [7, 11) is 1.33. The summed E-state index contributed by atoms with van der Waals surface area (Å²) >= 11 is 0. The minimum Gasteiger partial charge on any atom is -0.495 e. The summed E-state index contributed by atoms with van der Waals surface area (Å²) in [4.78, 5) is 24.3. The molecule has 1 atom stereocenters. The van der Waals surface area contributed by atoms with Crippen LogP contribution < -0.4 is 15.4 Å². The lowest BCUT2D eigenvalue weighted by molar-refractivity contribution is -0.137. The number of carbonyl (C=O) groups excluding carboxylic acids is 1. The molecule has 3 rings (SSSR count). The number of rotatable bonds is 8. The molecule has 35 heavy (non-hydrogen) atoms. The van der Waals surface area contributed by atoms with Gasteiger partial charge in [0.05, 0.1) is 18.4 Å². The Morgan fingerprint density at radius 3 is 2.54 bits per heavy atom. The fourth-order valence-electron chi connectivity index (χ4n) is 3.71. The summed E-state index contributed by atoms with van der Waals surface area (Å²) in [6.45, 7) is 9.77. The molecule has 1 amide bonds. The van der Waals surface area contributed by atoms with E-state index in [0.717, 1.165) is 6.07 Å². The summed E-state index contributed by atoms with van der Waals surface area (Å²) in [5.74, 6) is -1.77. The molecule has 2 N–H and O–H groups in total. The molecule has 0 saturated carbocycles. The van der Waals surface area contributed by atoms with Gasteiger partial charge in [0.1, 0.15) is 22.9 Å². The second-order valence-electron chi connectivity index (χ2n) is 7.95. The Bertz CT molecular complexity index is 1070. The molecule has 1 unspecified atom stereocenters. The number of hydrogen-bond donors (Lipinski definition) is 2. The molecule has 1 saturated heterocycles. The molecule has 1 aromatic carbocycles. The fraction of sp³-hybridized carbons (Fsp3) is 0.435. The Labute approximate surface area is 201 Å². The van der Waals surface area contributed by atoms with Crippen molar-refractivity contribution in [3.63, 3.8) is 0 Å². The van der Waals surface area contributed by atoms with Crippen LogP contribution in [0.15, 0.2) is 31.0 Å². The van der Waals surface area contributed by atoms with Gasteiger partial charge in [-0.2, -0.15) is 18.2 Å². The van der Waals surface area contributed by atoms with Crippen molar-refractivity contribution in [3.05, 3.63) is 47.9 Å². The van der Waals surface area contributed by atoms with Crippen LogP contribution in [0.2, 0.25) is 0 Å². The van der Waals surface area contributed by atoms with Gasteiger partial charge in [0, 0.05) is 51.0 Å². The van der Waals surface area contributed by atoms with Crippen molar-refractivity contribution in [1.82, 2.24) is 19.8 Å². The number of halogens is 4. The number of alkyl halides is 3. The maximum Gasteiger partial charge on any atom is 0.421 e. The van der Waals surface area contributed by atoms with Gasteiger partial charge >= 0.3 is 6.18 Å². The van der Waals surface area contributed by atoms with Crippen LogP contribution in [0.3, 0.4) is 0 Å². The quantitative estimate of drug-likeness (QED) is 0.420. The third kappa shape index (κ3) is 5.99. The molecule has 0 spiro atoms. The second-order valence-corrected chi connectivity index (χ2v) is 7.95. The van der Waals surface area contributed by atoms with Crippen LogP contribution in [-0.2, 0) is 6.18 Å². The number of nitrogens with one attached hydrogen (secondary N) is 2. The predicted molar refractivity (Wildman–Crippen MR) is 125 cm³/mol. The molecule has 190 valence electrons. The number of piperazine rings is 1. The molecule has 8 nitrogen and oxygen atoms in total. The number of nitrogens with zero attached hydrogens (tertiary/aromatic N) is 4. The lowest BCUT2D eigenvalue weighted by Crippen LogP contribution is -2.51. The van der Waals surface area contributed by atoms with Crippen LogP contribution in [0.4, 0.5) is 35.0 Å². The van der Waals surface area contributed by atoms with E-state index in [-0.39, 0.29) is 35.5 Å². The van der Waals surface area contributed by atoms with Gasteiger partial charge in [0.25, 0.3) is 5.91 Å². The Kier molecular flexibility index (Phi) is 8.15. The zero-order valence-corrected chi connectivity index (χ0v) is 19.7. The van der Waals surface area contributed by atoms with Gasteiger partial charge in [-0.1, -0.05) is 6.08 Å². The number of hydrogen-bond acceptors (Lipinski definition) is 7. The van der Waals surface area contributed by atoms with E-state index < -0.39 is 29.3 Å². The van der Waals surface area contributed by atoms with Gasteiger partial charge in [0.15, 0.2) is 0 Å². The van der Waals surface area contributed by atoms with Crippen molar-refractivity contribution in [3.8, 4) is 5.75 Å². The Morgan fingerprint density at radius 1 is 1.29 bits per heavy atom. The van der Waals surface area contributed by atoms with Crippen LogP contribution in [0.1, 0.15) is 29.8 Å². The van der Waals surface area contributed by atoms with Gasteiger partial charge in [0.2, 0.25) is 5.95 Å². The first-order chi connectivity index (χ1) is 16.6. The van der Waals surface area contributed by atoms with E-state index in [9.17, 15) is 22.4 Å². The van der Waals surface area contributed by atoms with Crippen LogP contribution in [0, 0.1) is 5.82 Å². The average molecular weight is 497 g/mol. The van der Waals surface area contributed by atoms with E-state index in [4.69, 9.17) is 4.74 Å². The lowest BCUT2D eigenvalue weighted by atomic mass is 10.1. The molecule has 1 aromatic heterocycles. The molecule has 1 fully saturated rings. The Morgan fingerprint density at radius 2 is 1.97 bits per heavy atom. The number of carbonyl (C=O) groups is 1. The second kappa shape index (κ2) is 10.9. The maximum atomic E-state index is 15.0. The van der Waals surface area contributed by atoms with E-state index >= 15 is 0 Å². The molecule has 12 heteroatoms. The van der Waals surface area contributed by atoms with Crippen LogP contribution in [0.5, 0.6) is 5.75 Å². The first kappa shape index (κ1) is 26.2.